The second-order valence-electron chi connectivity index (χ2n) is 6.89. The van der Waals surface area contributed by atoms with Crippen molar-refractivity contribution in [1.29, 1.82) is 0 Å². The Balaban J connectivity index is 0.000000299. The highest BCUT2D eigenvalue weighted by atomic mass is 79.9. The van der Waals surface area contributed by atoms with Crippen molar-refractivity contribution in [1.82, 2.24) is 0 Å². The van der Waals surface area contributed by atoms with Crippen molar-refractivity contribution in [3.63, 3.8) is 0 Å². The first kappa shape index (κ1) is 25.5. The van der Waals surface area contributed by atoms with E-state index in [0.29, 0.717) is 6.42 Å². The molecule has 0 amide bonds. The van der Waals surface area contributed by atoms with Gasteiger partial charge in [-0.05, 0) is 35.1 Å². The van der Waals surface area contributed by atoms with Crippen molar-refractivity contribution in [2.24, 2.45) is 11.8 Å². The molecule has 0 aromatic heterocycles. The average Bonchev–Trinajstić information content (AvgIpc) is 3.04. The first-order valence-corrected chi connectivity index (χ1v) is 11.6. The van der Waals surface area contributed by atoms with E-state index in [4.69, 9.17) is 10.2 Å². The number of carbonyl (C=O) groups is 2. The molecule has 0 heterocycles. The third kappa shape index (κ3) is 7.05. The molecule has 2 N–H and O–H groups in total. The quantitative estimate of drug-likeness (QED) is 0.510. The molecule has 0 bridgehead atoms. The van der Waals surface area contributed by atoms with Crippen molar-refractivity contribution in [3.05, 3.63) is 70.3 Å². The van der Waals surface area contributed by atoms with E-state index in [1.165, 1.54) is 11.1 Å². The molecule has 3 rings (SSSR count). The Labute approximate surface area is 189 Å². The summed E-state index contributed by atoms with van der Waals surface area (Å²) in [6.07, 6.45) is 1.25. The number of Topliss-reactive ketones (excluding diaryl/α,β-unsaturated/α-hetero) is 1. The van der Waals surface area contributed by atoms with Crippen LogP contribution in [0, 0.1) is 11.8 Å². The van der Waals surface area contributed by atoms with Gasteiger partial charge in [-0.1, -0.05) is 88.2 Å². The van der Waals surface area contributed by atoms with Gasteiger partial charge in [0, 0.05) is 29.3 Å². The van der Waals surface area contributed by atoms with Gasteiger partial charge in [0.1, 0.15) is 0 Å². The van der Waals surface area contributed by atoms with Crippen LogP contribution in [-0.2, 0) is 28.3 Å². The summed E-state index contributed by atoms with van der Waals surface area (Å²) < 4.78 is 0. The SMILES string of the molecule is BrCc1ccccc1CBr.CC(Cc1cccc2c1CC(C)C2=O)C(=O)O.CO. The molecule has 1 aliphatic carbocycles. The summed E-state index contributed by atoms with van der Waals surface area (Å²) in [6.45, 7) is 3.62. The normalized spacial score (nSPS) is 15.4. The second kappa shape index (κ2) is 12.9. The average molecular weight is 528 g/mol. The van der Waals surface area contributed by atoms with E-state index < -0.39 is 11.9 Å². The highest BCUT2D eigenvalue weighted by Gasteiger charge is 2.29. The molecule has 1 aliphatic rings. The number of carboxylic acids is 1. The summed E-state index contributed by atoms with van der Waals surface area (Å²) in [6, 6.07) is 14.0. The fourth-order valence-corrected chi connectivity index (χ4v) is 4.29. The van der Waals surface area contributed by atoms with Gasteiger partial charge in [-0.15, -0.1) is 0 Å². The number of alkyl halides is 2. The van der Waals surface area contributed by atoms with Gasteiger partial charge >= 0.3 is 5.97 Å². The number of hydrogen-bond acceptors (Lipinski definition) is 3. The predicted octanol–water partition coefficient (Wildman–Crippen LogP) is 5.41. The zero-order chi connectivity index (χ0) is 22.0. The Hall–Kier alpha value is -1.50. The van der Waals surface area contributed by atoms with Crippen LogP contribution in [0.15, 0.2) is 42.5 Å². The van der Waals surface area contributed by atoms with E-state index in [2.05, 4.69) is 56.1 Å². The third-order valence-electron chi connectivity index (χ3n) is 4.85. The standard InChI is InChI=1S/C14H16O3.C8H8Br2.CH4O/c1-8-7-12-10(6-9(2)14(16)17)4-3-5-11(12)13(8)15;9-5-7-3-1-2-4-8(7)6-10;1-2/h3-5,8-9H,6-7H2,1-2H3,(H,16,17);1-4H,5-6H2;2H,1H3. The summed E-state index contributed by atoms with van der Waals surface area (Å²) in [5.74, 6) is -0.983. The highest BCUT2D eigenvalue weighted by Crippen LogP contribution is 2.30. The maximum absolute atomic E-state index is 11.9. The molecular formula is C23H28Br2O4. The summed E-state index contributed by atoms with van der Waals surface area (Å²) >= 11 is 6.86. The Bertz CT molecular complexity index is 797. The minimum atomic E-state index is -0.792. The van der Waals surface area contributed by atoms with Crippen molar-refractivity contribution >= 4 is 43.6 Å². The number of hydrogen-bond donors (Lipinski definition) is 2. The fourth-order valence-electron chi connectivity index (χ4n) is 3.20. The largest absolute Gasteiger partial charge is 0.481 e. The van der Waals surface area contributed by atoms with Gasteiger partial charge in [-0.25, -0.2) is 0 Å². The second-order valence-corrected chi connectivity index (χ2v) is 8.01. The van der Waals surface area contributed by atoms with Crippen LogP contribution < -0.4 is 0 Å². The molecule has 2 unspecified atom stereocenters. The Morgan fingerprint density at radius 1 is 1.03 bits per heavy atom. The number of ketones is 1. The van der Waals surface area contributed by atoms with Gasteiger partial charge in [-0.3, -0.25) is 9.59 Å². The number of carbonyl (C=O) groups excluding carboxylic acids is 1. The van der Waals surface area contributed by atoms with E-state index in [-0.39, 0.29) is 11.7 Å². The number of fused-ring (bicyclic) bond motifs is 1. The number of benzene rings is 2. The van der Waals surface area contributed by atoms with Crippen molar-refractivity contribution < 1.29 is 19.8 Å². The van der Waals surface area contributed by atoms with Gasteiger partial charge in [0.05, 0.1) is 5.92 Å². The van der Waals surface area contributed by atoms with Crippen LogP contribution >= 0.6 is 31.9 Å². The van der Waals surface area contributed by atoms with Crippen molar-refractivity contribution in [2.45, 2.75) is 37.3 Å². The van der Waals surface area contributed by atoms with Crippen LogP contribution in [0.25, 0.3) is 0 Å². The van der Waals surface area contributed by atoms with Crippen LogP contribution in [0.3, 0.4) is 0 Å². The van der Waals surface area contributed by atoms with Crippen LogP contribution in [0.4, 0.5) is 0 Å². The van der Waals surface area contributed by atoms with Crippen LogP contribution in [0.1, 0.15) is 46.5 Å². The van der Waals surface area contributed by atoms with Crippen molar-refractivity contribution in [3.8, 4) is 0 Å². The van der Waals surface area contributed by atoms with E-state index in [1.807, 2.05) is 25.1 Å². The molecule has 0 spiro atoms. The number of aliphatic carboxylic acids is 1. The van der Waals surface area contributed by atoms with Gasteiger partial charge in [0.25, 0.3) is 0 Å². The predicted molar refractivity (Wildman–Crippen MR) is 124 cm³/mol. The molecule has 6 heteroatoms. The lowest BCUT2D eigenvalue weighted by Gasteiger charge is -2.10. The first-order valence-electron chi connectivity index (χ1n) is 9.40. The number of carboxylic acid groups (broad SMARTS) is 1. The van der Waals surface area contributed by atoms with E-state index in [1.54, 1.807) is 6.92 Å². The smallest absolute Gasteiger partial charge is 0.306 e. The lowest BCUT2D eigenvalue weighted by Crippen LogP contribution is -2.13. The molecule has 0 saturated heterocycles. The molecular weight excluding hydrogens is 500 g/mol. The molecule has 0 aliphatic heterocycles. The summed E-state index contributed by atoms with van der Waals surface area (Å²) in [4.78, 5) is 22.7. The first-order chi connectivity index (χ1) is 13.9. The van der Waals surface area contributed by atoms with Crippen LogP contribution in [-0.4, -0.2) is 29.1 Å². The number of rotatable bonds is 5. The third-order valence-corrected chi connectivity index (χ3v) is 6.06. The van der Waals surface area contributed by atoms with Gasteiger partial charge in [-0.2, -0.15) is 0 Å². The molecule has 0 fully saturated rings. The molecule has 2 aromatic carbocycles. The number of aliphatic hydroxyl groups excluding tert-OH is 1. The molecule has 0 saturated carbocycles. The Kier molecular flexibility index (Phi) is 11.4. The minimum Gasteiger partial charge on any atom is -0.481 e. The molecule has 0 radical (unpaired) electrons. The molecule has 2 atom stereocenters. The zero-order valence-corrected chi connectivity index (χ0v) is 20.2. The zero-order valence-electron chi connectivity index (χ0n) is 17.0. The van der Waals surface area contributed by atoms with Crippen LogP contribution in [0.2, 0.25) is 0 Å². The molecule has 158 valence electrons. The highest BCUT2D eigenvalue weighted by molar-refractivity contribution is 9.09. The topological polar surface area (TPSA) is 74.6 Å². The number of halogens is 2. The molecule has 29 heavy (non-hydrogen) atoms. The van der Waals surface area contributed by atoms with E-state index in [0.717, 1.165) is 40.9 Å². The fraction of sp³-hybridized carbons (Fsp3) is 0.391. The maximum atomic E-state index is 11.9. The van der Waals surface area contributed by atoms with Crippen LogP contribution in [0.5, 0.6) is 0 Å². The molecule has 4 nitrogen and oxygen atoms in total. The minimum absolute atomic E-state index is 0.0336. The maximum Gasteiger partial charge on any atom is 0.306 e. The lowest BCUT2D eigenvalue weighted by atomic mass is 9.94. The summed E-state index contributed by atoms with van der Waals surface area (Å²) in [7, 11) is 1.00. The summed E-state index contributed by atoms with van der Waals surface area (Å²) in [5.41, 5.74) is 5.57. The van der Waals surface area contributed by atoms with E-state index in [9.17, 15) is 9.59 Å². The van der Waals surface area contributed by atoms with E-state index >= 15 is 0 Å². The summed E-state index contributed by atoms with van der Waals surface area (Å²) in [5, 5.41) is 17.8. The van der Waals surface area contributed by atoms with Crippen molar-refractivity contribution in [2.75, 3.05) is 7.11 Å². The van der Waals surface area contributed by atoms with Gasteiger partial charge < -0.3 is 10.2 Å². The monoisotopic (exact) mass is 526 g/mol. The number of aliphatic hydroxyl groups is 1. The Morgan fingerprint density at radius 2 is 1.55 bits per heavy atom. The Morgan fingerprint density at radius 3 is 2.03 bits per heavy atom. The van der Waals surface area contributed by atoms with Gasteiger partial charge in [0.15, 0.2) is 5.78 Å². The van der Waals surface area contributed by atoms with Gasteiger partial charge in [0.2, 0.25) is 0 Å². The molecule has 2 aromatic rings. The lowest BCUT2D eigenvalue weighted by molar-refractivity contribution is -0.141.